The molecule has 0 aliphatic carbocycles. The normalized spacial score (nSPS) is 17.2. The molecule has 0 saturated carbocycles. The Morgan fingerprint density at radius 1 is 1.36 bits per heavy atom. The van der Waals surface area contributed by atoms with E-state index in [0.717, 1.165) is 6.42 Å². The smallest absolute Gasteiger partial charge is 0.256 e. The van der Waals surface area contributed by atoms with E-state index < -0.39 is 0 Å². The molecule has 1 aromatic rings. The summed E-state index contributed by atoms with van der Waals surface area (Å²) in [5, 5.41) is 0. The molecule has 22 heavy (non-hydrogen) atoms. The number of pyridine rings is 1. The first-order valence-corrected chi connectivity index (χ1v) is 7.26. The third-order valence-corrected chi connectivity index (χ3v) is 4.02. The Hall–Kier alpha value is -2.44. The molecule has 0 N–H and O–H groups in total. The molecule has 0 spiro atoms. The first-order chi connectivity index (χ1) is 10.5. The molecule has 0 aromatic carbocycles. The van der Waals surface area contributed by atoms with Gasteiger partial charge in [-0.15, -0.1) is 0 Å². The van der Waals surface area contributed by atoms with E-state index in [-0.39, 0.29) is 24.3 Å². The minimum atomic E-state index is -0.203. The van der Waals surface area contributed by atoms with Gasteiger partial charge in [0, 0.05) is 27.1 Å². The number of likely N-dealkylation sites (N-methyl/N-ethyl adjacent to an activating group) is 1. The van der Waals surface area contributed by atoms with E-state index in [1.807, 2.05) is 0 Å². The third-order valence-electron chi connectivity index (χ3n) is 4.02. The monoisotopic (exact) mass is 302 g/mol. The van der Waals surface area contributed by atoms with Crippen molar-refractivity contribution >= 4 is 23.4 Å². The second-order valence-electron chi connectivity index (χ2n) is 5.79. The molecular formula is C15H18N4O3. The lowest BCUT2D eigenvalue weighted by atomic mass is 10.2. The van der Waals surface area contributed by atoms with E-state index in [4.69, 9.17) is 0 Å². The molecule has 3 rings (SSSR count). The van der Waals surface area contributed by atoms with E-state index in [1.54, 1.807) is 31.3 Å². The number of amides is 3. The van der Waals surface area contributed by atoms with Gasteiger partial charge in [-0.05, 0) is 12.5 Å². The Morgan fingerprint density at radius 2 is 2.14 bits per heavy atom. The summed E-state index contributed by atoms with van der Waals surface area (Å²) >= 11 is 0. The fourth-order valence-electron chi connectivity index (χ4n) is 2.72. The lowest BCUT2D eigenvalue weighted by Gasteiger charge is -2.17. The van der Waals surface area contributed by atoms with Crippen molar-refractivity contribution in [2.45, 2.75) is 19.4 Å². The standard InChI is InChI=1S/C15H18N4O3/c1-17(2)14(21)9-18-8-12-11(15(18)22)6-10(7-16-12)19-5-3-4-13(19)20/h6-7H,3-5,8-9H2,1-2H3. The van der Waals surface area contributed by atoms with Gasteiger partial charge in [0.1, 0.15) is 6.54 Å². The molecule has 116 valence electrons. The van der Waals surface area contributed by atoms with Crippen LogP contribution in [0, 0.1) is 0 Å². The highest BCUT2D eigenvalue weighted by Crippen LogP contribution is 2.27. The predicted octanol–water partition coefficient (Wildman–Crippen LogP) is 0.252. The third kappa shape index (κ3) is 2.43. The number of hydrogen-bond donors (Lipinski definition) is 0. The molecule has 2 aliphatic heterocycles. The zero-order valence-corrected chi connectivity index (χ0v) is 12.7. The number of nitrogens with zero attached hydrogens (tertiary/aromatic N) is 4. The summed E-state index contributed by atoms with van der Waals surface area (Å²) in [6.45, 7) is 1.04. The van der Waals surface area contributed by atoms with Gasteiger partial charge < -0.3 is 14.7 Å². The van der Waals surface area contributed by atoms with Crippen LogP contribution >= 0.6 is 0 Å². The quantitative estimate of drug-likeness (QED) is 0.802. The van der Waals surface area contributed by atoms with Crippen molar-refractivity contribution in [3.05, 3.63) is 23.5 Å². The summed E-state index contributed by atoms with van der Waals surface area (Å²) in [5.74, 6) is -0.269. The Labute approximate surface area is 128 Å². The molecule has 0 unspecified atom stereocenters. The molecule has 0 atom stereocenters. The highest BCUT2D eigenvalue weighted by Gasteiger charge is 2.32. The van der Waals surface area contributed by atoms with Crippen LogP contribution in [-0.4, -0.2) is 59.7 Å². The van der Waals surface area contributed by atoms with Crippen LogP contribution in [0.2, 0.25) is 0 Å². The number of hydrogen-bond acceptors (Lipinski definition) is 4. The number of rotatable bonds is 3. The summed E-state index contributed by atoms with van der Waals surface area (Å²) in [4.78, 5) is 44.9. The number of carbonyl (C=O) groups excluding carboxylic acids is 3. The average molecular weight is 302 g/mol. The van der Waals surface area contributed by atoms with Crippen molar-refractivity contribution in [2.75, 3.05) is 32.1 Å². The second kappa shape index (κ2) is 5.40. The van der Waals surface area contributed by atoms with E-state index in [1.165, 1.54) is 9.80 Å². The van der Waals surface area contributed by atoms with Gasteiger partial charge in [0.05, 0.1) is 29.7 Å². The van der Waals surface area contributed by atoms with Gasteiger partial charge >= 0.3 is 0 Å². The zero-order valence-electron chi connectivity index (χ0n) is 12.7. The van der Waals surface area contributed by atoms with Crippen molar-refractivity contribution in [2.24, 2.45) is 0 Å². The van der Waals surface area contributed by atoms with Crippen LogP contribution in [0.1, 0.15) is 28.9 Å². The van der Waals surface area contributed by atoms with Crippen LogP contribution in [0.4, 0.5) is 5.69 Å². The Bertz CT molecular complexity index is 656. The molecule has 3 amide bonds. The fourth-order valence-corrected chi connectivity index (χ4v) is 2.72. The molecule has 7 nitrogen and oxygen atoms in total. The summed E-state index contributed by atoms with van der Waals surface area (Å²) in [6.07, 6.45) is 2.99. The van der Waals surface area contributed by atoms with Gasteiger partial charge in [-0.3, -0.25) is 19.4 Å². The SMILES string of the molecule is CN(C)C(=O)CN1Cc2ncc(N3CCCC3=O)cc2C1=O. The minimum Gasteiger partial charge on any atom is -0.347 e. The van der Waals surface area contributed by atoms with Crippen molar-refractivity contribution in [1.82, 2.24) is 14.8 Å². The largest absolute Gasteiger partial charge is 0.347 e. The van der Waals surface area contributed by atoms with Crippen molar-refractivity contribution in [3.63, 3.8) is 0 Å². The molecule has 1 fully saturated rings. The van der Waals surface area contributed by atoms with Crippen LogP contribution in [-0.2, 0) is 16.1 Å². The minimum absolute atomic E-state index is 0.0418. The second-order valence-corrected chi connectivity index (χ2v) is 5.79. The van der Waals surface area contributed by atoms with Gasteiger partial charge in [-0.1, -0.05) is 0 Å². The van der Waals surface area contributed by atoms with Gasteiger partial charge in [-0.25, -0.2) is 0 Å². The van der Waals surface area contributed by atoms with Crippen LogP contribution in [0.25, 0.3) is 0 Å². The molecule has 2 aliphatic rings. The topological polar surface area (TPSA) is 73.8 Å². The molecule has 3 heterocycles. The maximum absolute atomic E-state index is 12.4. The number of carbonyl (C=O) groups is 3. The van der Waals surface area contributed by atoms with Crippen molar-refractivity contribution < 1.29 is 14.4 Å². The summed E-state index contributed by atoms with van der Waals surface area (Å²) in [6, 6.07) is 1.72. The number of anilines is 1. The van der Waals surface area contributed by atoms with Gasteiger partial charge in [0.25, 0.3) is 5.91 Å². The summed E-state index contributed by atoms with van der Waals surface area (Å²) in [5.41, 5.74) is 1.81. The highest BCUT2D eigenvalue weighted by molar-refractivity contribution is 6.02. The summed E-state index contributed by atoms with van der Waals surface area (Å²) in [7, 11) is 3.32. The van der Waals surface area contributed by atoms with E-state index >= 15 is 0 Å². The fraction of sp³-hybridized carbons (Fsp3) is 0.467. The first kappa shape index (κ1) is 14.5. The maximum Gasteiger partial charge on any atom is 0.256 e. The summed E-state index contributed by atoms with van der Waals surface area (Å²) < 4.78 is 0. The molecular weight excluding hydrogens is 284 g/mol. The van der Waals surface area contributed by atoms with Crippen LogP contribution in [0.3, 0.4) is 0 Å². The average Bonchev–Trinajstić information content (AvgIpc) is 3.03. The Kier molecular flexibility index (Phi) is 3.56. The Balaban J connectivity index is 1.81. The van der Waals surface area contributed by atoms with E-state index in [9.17, 15) is 14.4 Å². The number of fused-ring (bicyclic) bond motifs is 1. The first-order valence-electron chi connectivity index (χ1n) is 7.26. The van der Waals surface area contributed by atoms with Gasteiger partial charge in [-0.2, -0.15) is 0 Å². The predicted molar refractivity (Wildman–Crippen MR) is 79.3 cm³/mol. The Morgan fingerprint density at radius 3 is 2.77 bits per heavy atom. The molecule has 1 aromatic heterocycles. The maximum atomic E-state index is 12.4. The molecule has 0 bridgehead atoms. The number of aromatic nitrogens is 1. The van der Waals surface area contributed by atoms with Crippen LogP contribution in [0.5, 0.6) is 0 Å². The molecule has 1 saturated heterocycles. The van der Waals surface area contributed by atoms with Crippen LogP contribution in [0.15, 0.2) is 12.3 Å². The van der Waals surface area contributed by atoms with Crippen molar-refractivity contribution in [3.8, 4) is 0 Å². The molecule has 0 radical (unpaired) electrons. The van der Waals surface area contributed by atoms with Crippen LogP contribution < -0.4 is 4.90 Å². The van der Waals surface area contributed by atoms with Crippen molar-refractivity contribution in [1.29, 1.82) is 0 Å². The lowest BCUT2D eigenvalue weighted by molar-refractivity contribution is -0.129. The van der Waals surface area contributed by atoms with Gasteiger partial charge in [0.15, 0.2) is 0 Å². The highest BCUT2D eigenvalue weighted by atomic mass is 16.2. The molecule has 7 heteroatoms. The van der Waals surface area contributed by atoms with E-state index in [0.29, 0.717) is 36.5 Å². The van der Waals surface area contributed by atoms with Gasteiger partial charge in [0.2, 0.25) is 11.8 Å². The zero-order chi connectivity index (χ0) is 15.9. The van der Waals surface area contributed by atoms with E-state index in [2.05, 4.69) is 4.98 Å². The lowest BCUT2D eigenvalue weighted by Crippen LogP contribution is -2.36.